The van der Waals surface area contributed by atoms with Crippen molar-refractivity contribution >= 4 is 22.9 Å². The summed E-state index contributed by atoms with van der Waals surface area (Å²) in [4.78, 5) is 14.1. The van der Waals surface area contributed by atoms with Gasteiger partial charge in [0.2, 0.25) is 0 Å². The van der Waals surface area contributed by atoms with Gasteiger partial charge < -0.3 is 10.2 Å². The van der Waals surface area contributed by atoms with Crippen molar-refractivity contribution in [2.24, 2.45) is 0 Å². The molecule has 0 unspecified atom stereocenters. The number of aryl methyl sites for hydroxylation is 1. The van der Waals surface area contributed by atoms with E-state index in [-0.39, 0.29) is 5.56 Å². The maximum atomic E-state index is 12.9. The lowest BCUT2D eigenvalue weighted by molar-refractivity contribution is -0.144. The van der Waals surface area contributed by atoms with E-state index in [9.17, 15) is 18.0 Å². The first-order chi connectivity index (χ1) is 10.4. The molecule has 0 bridgehead atoms. The third-order valence-corrected chi connectivity index (χ3v) is 4.59. The topological polar surface area (TPSA) is 32.3 Å². The Morgan fingerprint density at radius 3 is 2.64 bits per heavy atom. The molecule has 0 saturated carbocycles. The van der Waals surface area contributed by atoms with Crippen LogP contribution in [0, 0.1) is 6.92 Å². The van der Waals surface area contributed by atoms with E-state index in [1.807, 2.05) is 18.4 Å². The Morgan fingerprint density at radius 1 is 1.27 bits per heavy atom. The highest BCUT2D eigenvalue weighted by molar-refractivity contribution is 7.10. The van der Waals surface area contributed by atoms with Crippen LogP contribution in [0.1, 0.15) is 27.0 Å². The first-order valence-corrected chi connectivity index (χ1v) is 7.52. The number of amides is 1. The lowest BCUT2D eigenvalue weighted by Crippen LogP contribution is -2.47. The molecule has 2 aromatic rings. The number of para-hydroxylation sites is 1. The predicted molar refractivity (Wildman–Crippen MR) is 79.0 cm³/mol. The third-order valence-electron chi connectivity index (χ3n) is 3.52. The fraction of sp³-hybridized carbons (Fsp3) is 0.267. The average molecular weight is 326 g/mol. The van der Waals surface area contributed by atoms with E-state index in [1.54, 1.807) is 18.2 Å². The molecule has 1 aromatic carbocycles. The second kappa shape index (κ2) is 5.31. The van der Waals surface area contributed by atoms with Gasteiger partial charge in [0, 0.05) is 5.69 Å². The van der Waals surface area contributed by atoms with Crippen LogP contribution >= 0.6 is 11.3 Å². The van der Waals surface area contributed by atoms with Crippen molar-refractivity contribution in [1.82, 2.24) is 4.90 Å². The molecule has 0 fully saturated rings. The first kappa shape index (κ1) is 14.9. The van der Waals surface area contributed by atoms with Crippen molar-refractivity contribution in [3.63, 3.8) is 0 Å². The van der Waals surface area contributed by atoms with Gasteiger partial charge >= 0.3 is 6.18 Å². The molecule has 1 amide bonds. The lowest BCUT2D eigenvalue weighted by atomic mass is 10.1. The van der Waals surface area contributed by atoms with Crippen LogP contribution < -0.4 is 5.32 Å². The standard InChI is InChI=1S/C15H13F3N2OS/c1-9-6-7-22-12(9)13-19-11-5-3-2-4-10(11)14(21)20(13)8-15(16,17)18/h2-7,13,19H,8H2,1H3/t13-/m0/s1. The quantitative estimate of drug-likeness (QED) is 0.898. The molecule has 0 saturated heterocycles. The Bertz CT molecular complexity index is 711. The van der Waals surface area contributed by atoms with Crippen LogP contribution in [0.15, 0.2) is 35.7 Å². The van der Waals surface area contributed by atoms with Gasteiger partial charge in [0.25, 0.3) is 5.91 Å². The van der Waals surface area contributed by atoms with Gasteiger partial charge in [-0.2, -0.15) is 13.2 Å². The molecule has 0 spiro atoms. The Hall–Kier alpha value is -2.02. The summed E-state index contributed by atoms with van der Waals surface area (Å²) in [5.74, 6) is -0.607. The number of anilines is 1. The van der Waals surface area contributed by atoms with Gasteiger partial charge in [-0.3, -0.25) is 4.79 Å². The number of nitrogens with one attached hydrogen (secondary N) is 1. The van der Waals surface area contributed by atoms with Crippen molar-refractivity contribution in [1.29, 1.82) is 0 Å². The Labute approximate surface area is 129 Å². The molecule has 3 rings (SSSR count). The van der Waals surface area contributed by atoms with Crippen molar-refractivity contribution < 1.29 is 18.0 Å². The van der Waals surface area contributed by atoms with Crippen molar-refractivity contribution in [2.75, 3.05) is 11.9 Å². The molecule has 2 heterocycles. The van der Waals surface area contributed by atoms with Gasteiger partial charge in [-0.15, -0.1) is 11.3 Å². The summed E-state index contributed by atoms with van der Waals surface area (Å²) in [7, 11) is 0. The smallest absolute Gasteiger partial charge is 0.360 e. The van der Waals surface area contributed by atoms with Gasteiger partial charge in [-0.05, 0) is 36.1 Å². The summed E-state index contributed by atoms with van der Waals surface area (Å²) in [5.41, 5.74) is 1.68. The Kier molecular flexibility index (Phi) is 3.60. The van der Waals surface area contributed by atoms with Gasteiger partial charge in [-0.1, -0.05) is 12.1 Å². The van der Waals surface area contributed by atoms with E-state index in [1.165, 1.54) is 17.4 Å². The second-order valence-corrected chi connectivity index (χ2v) is 6.06. The first-order valence-electron chi connectivity index (χ1n) is 6.64. The highest BCUT2D eigenvalue weighted by Gasteiger charge is 2.41. The van der Waals surface area contributed by atoms with Gasteiger partial charge in [0.15, 0.2) is 0 Å². The molecule has 1 aromatic heterocycles. The molecule has 0 radical (unpaired) electrons. The van der Waals surface area contributed by atoms with Crippen LogP contribution in [0.3, 0.4) is 0 Å². The van der Waals surface area contributed by atoms with Gasteiger partial charge in [0.05, 0.1) is 10.4 Å². The van der Waals surface area contributed by atoms with Crippen LogP contribution in [0.2, 0.25) is 0 Å². The van der Waals surface area contributed by atoms with Crippen LogP contribution in [-0.4, -0.2) is 23.5 Å². The number of carbonyl (C=O) groups excluding carboxylic acids is 1. The van der Waals surface area contributed by atoms with E-state index in [0.29, 0.717) is 10.6 Å². The molecular weight excluding hydrogens is 313 g/mol. The van der Waals surface area contributed by atoms with Crippen molar-refractivity contribution in [3.8, 4) is 0 Å². The monoisotopic (exact) mass is 326 g/mol. The number of nitrogens with zero attached hydrogens (tertiary/aromatic N) is 1. The van der Waals surface area contributed by atoms with Gasteiger partial charge in [-0.25, -0.2) is 0 Å². The molecule has 0 aliphatic carbocycles. The zero-order valence-electron chi connectivity index (χ0n) is 11.6. The van der Waals surface area contributed by atoms with Crippen molar-refractivity contribution in [3.05, 3.63) is 51.7 Å². The second-order valence-electron chi connectivity index (χ2n) is 5.11. The summed E-state index contributed by atoms with van der Waals surface area (Å²) >= 11 is 1.34. The fourth-order valence-electron chi connectivity index (χ4n) is 2.52. The van der Waals surface area contributed by atoms with Crippen LogP contribution in [-0.2, 0) is 0 Å². The zero-order chi connectivity index (χ0) is 15.9. The zero-order valence-corrected chi connectivity index (χ0v) is 12.5. The summed E-state index contributed by atoms with van der Waals surface area (Å²) < 4.78 is 38.7. The molecule has 1 N–H and O–H groups in total. The molecule has 7 heteroatoms. The number of halogens is 3. The normalized spacial score (nSPS) is 18.1. The average Bonchev–Trinajstić information content (AvgIpc) is 2.87. The molecule has 1 aliphatic heterocycles. The van der Waals surface area contributed by atoms with Crippen LogP contribution in [0.4, 0.5) is 18.9 Å². The van der Waals surface area contributed by atoms with Gasteiger partial charge in [0.1, 0.15) is 12.7 Å². The molecule has 22 heavy (non-hydrogen) atoms. The predicted octanol–water partition coefficient (Wildman–Crippen LogP) is 4.19. The van der Waals surface area contributed by atoms with E-state index < -0.39 is 24.8 Å². The van der Waals surface area contributed by atoms with Crippen molar-refractivity contribution in [2.45, 2.75) is 19.3 Å². The summed E-state index contributed by atoms with van der Waals surface area (Å²) in [5, 5.41) is 4.87. The minimum Gasteiger partial charge on any atom is -0.360 e. The minimum atomic E-state index is -4.45. The number of carbonyl (C=O) groups is 1. The molecule has 1 aliphatic rings. The Balaban J connectivity index is 2.06. The minimum absolute atomic E-state index is 0.261. The number of rotatable bonds is 2. The summed E-state index contributed by atoms with van der Waals surface area (Å²) in [6.07, 6.45) is -5.25. The maximum Gasteiger partial charge on any atom is 0.406 e. The molecule has 116 valence electrons. The SMILES string of the molecule is Cc1ccsc1[C@H]1Nc2ccccc2C(=O)N1CC(F)(F)F. The highest BCUT2D eigenvalue weighted by Crippen LogP contribution is 2.37. The van der Waals surface area contributed by atoms with E-state index in [2.05, 4.69) is 5.32 Å². The molecule has 1 atom stereocenters. The van der Waals surface area contributed by atoms with E-state index in [4.69, 9.17) is 0 Å². The number of benzene rings is 1. The number of hydrogen-bond acceptors (Lipinski definition) is 3. The largest absolute Gasteiger partial charge is 0.406 e. The number of fused-ring (bicyclic) bond motifs is 1. The fourth-order valence-corrected chi connectivity index (χ4v) is 3.51. The Morgan fingerprint density at radius 2 is 2.00 bits per heavy atom. The highest BCUT2D eigenvalue weighted by atomic mass is 32.1. The molecule has 3 nitrogen and oxygen atoms in total. The number of thiophene rings is 1. The van der Waals surface area contributed by atoms with Crippen LogP contribution in [0.5, 0.6) is 0 Å². The summed E-state index contributed by atoms with van der Waals surface area (Å²) in [6, 6.07) is 8.45. The third kappa shape index (κ3) is 2.68. The lowest BCUT2D eigenvalue weighted by Gasteiger charge is -2.38. The van der Waals surface area contributed by atoms with E-state index in [0.717, 1.165) is 10.5 Å². The number of alkyl halides is 3. The molecular formula is C15H13F3N2OS. The summed E-state index contributed by atoms with van der Waals surface area (Å²) in [6.45, 7) is 0.541. The number of hydrogen-bond donors (Lipinski definition) is 1. The van der Waals surface area contributed by atoms with Crippen LogP contribution in [0.25, 0.3) is 0 Å². The van der Waals surface area contributed by atoms with E-state index >= 15 is 0 Å². The maximum absolute atomic E-state index is 12.9.